The Morgan fingerprint density at radius 2 is 1.94 bits per heavy atom. The quantitative estimate of drug-likeness (QED) is 0.617. The number of rotatable bonds is 7. The molecule has 1 aromatic heterocycles. The molecule has 31 heavy (non-hydrogen) atoms. The number of likely N-dealkylation sites (N-methyl/N-ethyl adjacent to an activating group) is 1. The predicted octanol–water partition coefficient (Wildman–Crippen LogP) is 3.36. The number of anilines is 1. The number of pyridine rings is 1. The third-order valence-corrected chi connectivity index (χ3v) is 5.04. The second-order valence-electron chi connectivity index (χ2n) is 7.20. The molecule has 0 spiro atoms. The van der Waals surface area contributed by atoms with Gasteiger partial charge >= 0.3 is 0 Å². The lowest BCUT2D eigenvalue weighted by molar-refractivity contribution is -0.122. The number of aromatic nitrogens is 1. The highest BCUT2D eigenvalue weighted by Crippen LogP contribution is 2.34. The Labute approximate surface area is 181 Å². The molecule has 0 saturated carbocycles. The van der Waals surface area contributed by atoms with E-state index in [2.05, 4.69) is 15.6 Å². The molecule has 0 fully saturated rings. The van der Waals surface area contributed by atoms with Crippen LogP contribution in [0.5, 0.6) is 5.75 Å². The lowest BCUT2D eigenvalue weighted by Crippen LogP contribution is -2.42. The predicted molar refractivity (Wildman–Crippen MR) is 118 cm³/mol. The normalized spacial score (nSPS) is 15.1. The van der Waals surface area contributed by atoms with Crippen molar-refractivity contribution in [1.82, 2.24) is 15.2 Å². The molecule has 2 aromatic carbocycles. The summed E-state index contributed by atoms with van der Waals surface area (Å²) in [6.45, 7) is 2.82. The molecule has 0 aliphatic carbocycles. The van der Waals surface area contributed by atoms with Crippen molar-refractivity contribution in [1.29, 1.82) is 0 Å². The van der Waals surface area contributed by atoms with E-state index in [1.54, 1.807) is 17.3 Å². The number of hydrogen-bond donors (Lipinski definition) is 2. The van der Waals surface area contributed by atoms with Gasteiger partial charge in [-0.25, -0.2) is 0 Å². The van der Waals surface area contributed by atoms with Gasteiger partial charge in [0.15, 0.2) is 6.61 Å². The smallest absolute Gasteiger partial charge is 0.258 e. The van der Waals surface area contributed by atoms with Crippen molar-refractivity contribution < 1.29 is 14.3 Å². The molecule has 1 aliphatic heterocycles. The highest BCUT2D eigenvalue weighted by Gasteiger charge is 2.32. The van der Waals surface area contributed by atoms with E-state index in [1.165, 1.54) is 0 Å². The molecule has 7 nitrogen and oxygen atoms in total. The summed E-state index contributed by atoms with van der Waals surface area (Å²) >= 11 is 0. The molecule has 2 heterocycles. The highest BCUT2D eigenvalue weighted by atomic mass is 16.5. The largest absolute Gasteiger partial charge is 0.484 e. The highest BCUT2D eigenvalue weighted by molar-refractivity contribution is 6.01. The number of ether oxygens (including phenoxy) is 1. The van der Waals surface area contributed by atoms with Crippen LogP contribution in [0.15, 0.2) is 73.1 Å². The molecule has 7 heteroatoms. The topological polar surface area (TPSA) is 83.6 Å². The molecule has 0 bridgehead atoms. The summed E-state index contributed by atoms with van der Waals surface area (Å²) < 4.78 is 5.54. The van der Waals surface area contributed by atoms with Gasteiger partial charge in [-0.05, 0) is 48.4 Å². The Kier molecular flexibility index (Phi) is 6.12. The Bertz CT molecular complexity index is 1050. The van der Waals surface area contributed by atoms with Crippen molar-refractivity contribution >= 4 is 17.5 Å². The first-order valence-electron chi connectivity index (χ1n) is 10.2. The van der Waals surface area contributed by atoms with Crippen LogP contribution in [0.1, 0.15) is 34.6 Å². The van der Waals surface area contributed by atoms with Gasteiger partial charge in [-0.1, -0.05) is 30.3 Å². The third-order valence-electron chi connectivity index (χ3n) is 5.04. The SMILES string of the molecule is CCNC(=O)COc1ccc(C2Nc3ccccc3C(=O)N2Cc2cccnc2)cc1. The van der Waals surface area contributed by atoms with Crippen LogP contribution in [0, 0.1) is 0 Å². The number of nitrogens with one attached hydrogen (secondary N) is 2. The number of benzene rings is 2. The fourth-order valence-electron chi connectivity index (χ4n) is 3.55. The van der Waals surface area contributed by atoms with Crippen LogP contribution in [0.4, 0.5) is 5.69 Å². The van der Waals surface area contributed by atoms with Gasteiger partial charge < -0.3 is 20.3 Å². The average Bonchev–Trinajstić information content (AvgIpc) is 2.81. The van der Waals surface area contributed by atoms with Gasteiger partial charge in [0.2, 0.25) is 0 Å². The minimum atomic E-state index is -0.347. The number of amides is 2. The summed E-state index contributed by atoms with van der Waals surface area (Å²) in [5.74, 6) is 0.390. The van der Waals surface area contributed by atoms with Crippen LogP contribution >= 0.6 is 0 Å². The lowest BCUT2D eigenvalue weighted by Gasteiger charge is -2.38. The zero-order valence-electron chi connectivity index (χ0n) is 17.2. The first-order valence-corrected chi connectivity index (χ1v) is 10.2. The van der Waals surface area contributed by atoms with E-state index in [1.807, 2.05) is 67.6 Å². The van der Waals surface area contributed by atoms with E-state index in [0.29, 0.717) is 24.4 Å². The Balaban J connectivity index is 1.58. The number of para-hydroxylation sites is 1. The molecule has 0 radical (unpaired) electrons. The second kappa shape index (κ2) is 9.30. The molecular weight excluding hydrogens is 392 g/mol. The molecule has 158 valence electrons. The van der Waals surface area contributed by atoms with E-state index >= 15 is 0 Å². The first kappa shape index (κ1) is 20.4. The van der Waals surface area contributed by atoms with Crippen LogP contribution in [0.3, 0.4) is 0 Å². The maximum Gasteiger partial charge on any atom is 0.258 e. The summed E-state index contributed by atoms with van der Waals surface area (Å²) in [5.41, 5.74) is 3.31. The second-order valence-corrected chi connectivity index (χ2v) is 7.20. The van der Waals surface area contributed by atoms with E-state index < -0.39 is 0 Å². The summed E-state index contributed by atoms with van der Waals surface area (Å²) in [7, 11) is 0. The molecule has 0 saturated heterocycles. The Morgan fingerprint density at radius 1 is 1.13 bits per heavy atom. The number of carbonyl (C=O) groups excluding carboxylic acids is 2. The Hall–Kier alpha value is -3.87. The number of nitrogens with zero attached hydrogens (tertiary/aromatic N) is 2. The lowest BCUT2D eigenvalue weighted by atomic mass is 10.0. The van der Waals surface area contributed by atoms with Crippen molar-refractivity contribution in [3.05, 3.63) is 89.7 Å². The maximum absolute atomic E-state index is 13.3. The summed E-state index contributed by atoms with van der Waals surface area (Å²) in [4.78, 5) is 30.9. The van der Waals surface area contributed by atoms with E-state index in [0.717, 1.165) is 16.8 Å². The monoisotopic (exact) mass is 416 g/mol. The number of carbonyl (C=O) groups is 2. The molecule has 1 unspecified atom stereocenters. The maximum atomic E-state index is 13.3. The van der Waals surface area contributed by atoms with Gasteiger partial charge in [-0.3, -0.25) is 14.6 Å². The van der Waals surface area contributed by atoms with Crippen molar-refractivity contribution in [2.45, 2.75) is 19.6 Å². The molecule has 2 amide bonds. The molecule has 4 rings (SSSR count). The molecule has 3 aromatic rings. The number of fused-ring (bicyclic) bond motifs is 1. The van der Waals surface area contributed by atoms with E-state index in [9.17, 15) is 9.59 Å². The van der Waals surface area contributed by atoms with E-state index in [-0.39, 0.29) is 24.6 Å². The standard InChI is InChI=1S/C24H24N4O3/c1-2-26-22(29)16-31-19-11-9-18(10-12-19)23-27-21-8-4-3-7-20(21)24(30)28(23)15-17-6-5-13-25-14-17/h3-14,23,27H,2,15-16H2,1H3,(H,26,29). The minimum Gasteiger partial charge on any atom is -0.484 e. The van der Waals surface area contributed by atoms with Gasteiger partial charge in [0.25, 0.3) is 11.8 Å². The third kappa shape index (κ3) is 4.66. The van der Waals surface area contributed by atoms with Crippen molar-refractivity contribution in [3.63, 3.8) is 0 Å². The molecule has 1 aliphatic rings. The zero-order valence-corrected chi connectivity index (χ0v) is 17.2. The first-order chi connectivity index (χ1) is 15.2. The summed E-state index contributed by atoms with van der Waals surface area (Å²) in [6, 6.07) is 18.8. The van der Waals surface area contributed by atoms with Gasteiger partial charge in [0.1, 0.15) is 11.9 Å². The minimum absolute atomic E-state index is 0.0339. The van der Waals surface area contributed by atoms with Crippen LogP contribution in [-0.2, 0) is 11.3 Å². The van der Waals surface area contributed by atoms with Crippen molar-refractivity contribution in [2.24, 2.45) is 0 Å². The summed E-state index contributed by atoms with van der Waals surface area (Å²) in [6.07, 6.45) is 3.13. The fraction of sp³-hybridized carbons (Fsp3) is 0.208. The van der Waals surface area contributed by atoms with Crippen LogP contribution in [0.2, 0.25) is 0 Å². The van der Waals surface area contributed by atoms with Gasteiger partial charge in [0.05, 0.1) is 5.56 Å². The van der Waals surface area contributed by atoms with Crippen molar-refractivity contribution in [3.8, 4) is 5.75 Å². The van der Waals surface area contributed by atoms with Gasteiger partial charge in [-0.2, -0.15) is 0 Å². The van der Waals surface area contributed by atoms with Crippen LogP contribution in [-0.4, -0.2) is 34.8 Å². The van der Waals surface area contributed by atoms with Crippen LogP contribution < -0.4 is 15.4 Å². The molecular formula is C24H24N4O3. The summed E-state index contributed by atoms with van der Waals surface area (Å²) in [5, 5.41) is 6.18. The zero-order chi connectivity index (χ0) is 21.6. The van der Waals surface area contributed by atoms with Gasteiger partial charge in [0, 0.05) is 31.2 Å². The average molecular weight is 416 g/mol. The van der Waals surface area contributed by atoms with Crippen molar-refractivity contribution in [2.75, 3.05) is 18.5 Å². The van der Waals surface area contributed by atoms with E-state index in [4.69, 9.17) is 4.74 Å². The van der Waals surface area contributed by atoms with Crippen LogP contribution in [0.25, 0.3) is 0 Å². The molecule has 2 N–H and O–H groups in total. The van der Waals surface area contributed by atoms with Gasteiger partial charge in [-0.15, -0.1) is 0 Å². The molecule has 1 atom stereocenters. The fourth-order valence-corrected chi connectivity index (χ4v) is 3.55. The Morgan fingerprint density at radius 3 is 2.68 bits per heavy atom. The number of hydrogen-bond acceptors (Lipinski definition) is 5.